The van der Waals surface area contributed by atoms with Gasteiger partial charge in [-0.15, -0.1) is 0 Å². The Balaban J connectivity index is 1.64. The maximum absolute atomic E-state index is 13.1. The molecule has 0 aliphatic rings. The van der Waals surface area contributed by atoms with Crippen LogP contribution in [0.5, 0.6) is 0 Å². The Hall–Kier alpha value is -2.59. The minimum absolute atomic E-state index is 0.0149. The second-order valence-corrected chi connectivity index (χ2v) is 5.52. The molecule has 3 aromatic rings. The van der Waals surface area contributed by atoms with Crippen molar-refractivity contribution in [3.05, 3.63) is 83.4 Å². The highest BCUT2D eigenvalue weighted by Crippen LogP contribution is 2.19. The molecule has 0 spiro atoms. The van der Waals surface area contributed by atoms with Crippen LogP contribution in [0.3, 0.4) is 0 Å². The third-order valence-corrected chi connectivity index (χ3v) is 3.70. The first-order chi connectivity index (χ1) is 11.1. The molecular weight excluding hydrogens is 315 g/mol. The minimum atomic E-state index is -0.509. The quantitative estimate of drug-likeness (QED) is 0.754. The smallest absolute Gasteiger partial charge is 0.228 e. The molecule has 23 heavy (non-hydrogen) atoms. The predicted octanol–water partition coefficient (Wildman–Crippen LogP) is 4.45. The molecule has 0 saturated heterocycles. The molecule has 0 unspecified atom stereocenters. The van der Waals surface area contributed by atoms with E-state index in [0.29, 0.717) is 5.69 Å². The van der Waals surface area contributed by atoms with E-state index in [1.165, 1.54) is 18.2 Å². The van der Waals surface area contributed by atoms with E-state index in [0.717, 1.165) is 11.3 Å². The lowest BCUT2D eigenvalue weighted by atomic mass is 10.1. The summed E-state index contributed by atoms with van der Waals surface area (Å²) in [7, 11) is 0. The number of carbonyl (C=O) groups excluding carboxylic acids is 1. The highest BCUT2D eigenvalue weighted by atomic mass is 35.5. The maximum Gasteiger partial charge on any atom is 0.228 e. The van der Waals surface area contributed by atoms with E-state index in [1.54, 1.807) is 0 Å². The summed E-state index contributed by atoms with van der Waals surface area (Å²) in [6.45, 7) is 0. The number of benzene rings is 2. The van der Waals surface area contributed by atoms with Crippen LogP contribution in [0.2, 0.25) is 5.02 Å². The van der Waals surface area contributed by atoms with Gasteiger partial charge in [-0.2, -0.15) is 0 Å². The number of nitrogens with one attached hydrogen (secondary N) is 1. The number of aromatic nitrogens is 1. The molecule has 1 heterocycles. The van der Waals surface area contributed by atoms with Gasteiger partial charge in [0.15, 0.2) is 0 Å². The van der Waals surface area contributed by atoms with Crippen LogP contribution < -0.4 is 5.32 Å². The molecule has 1 aromatic heterocycles. The fraction of sp³-hybridized carbons (Fsp3) is 0.0556. The van der Waals surface area contributed by atoms with Crippen LogP contribution in [0.25, 0.3) is 5.69 Å². The molecule has 0 bridgehead atoms. The Morgan fingerprint density at radius 2 is 1.78 bits per heavy atom. The van der Waals surface area contributed by atoms with E-state index in [4.69, 9.17) is 11.6 Å². The second-order valence-electron chi connectivity index (χ2n) is 5.11. The predicted molar refractivity (Wildman–Crippen MR) is 89.5 cm³/mol. The Kier molecular flexibility index (Phi) is 4.44. The van der Waals surface area contributed by atoms with Crippen LogP contribution in [0.4, 0.5) is 10.1 Å². The van der Waals surface area contributed by atoms with Crippen molar-refractivity contribution in [2.24, 2.45) is 0 Å². The topological polar surface area (TPSA) is 34.0 Å². The largest absolute Gasteiger partial charge is 0.326 e. The minimum Gasteiger partial charge on any atom is -0.326 e. The molecule has 0 radical (unpaired) electrons. The molecule has 0 atom stereocenters. The lowest BCUT2D eigenvalue weighted by molar-refractivity contribution is -0.115. The van der Waals surface area contributed by atoms with E-state index in [1.807, 2.05) is 53.4 Å². The molecule has 3 nitrogen and oxygen atoms in total. The number of anilines is 1. The summed E-state index contributed by atoms with van der Waals surface area (Å²) >= 11 is 5.70. The van der Waals surface area contributed by atoms with Crippen LogP contribution in [0.1, 0.15) is 5.56 Å². The Morgan fingerprint density at radius 1 is 1.09 bits per heavy atom. The van der Waals surface area contributed by atoms with Crippen molar-refractivity contribution in [1.29, 1.82) is 0 Å². The number of amides is 1. The highest BCUT2D eigenvalue weighted by Gasteiger charge is 2.07. The Bertz CT molecular complexity index is 814. The first-order valence-electron chi connectivity index (χ1n) is 7.09. The molecule has 116 valence electrons. The molecule has 0 fully saturated rings. The molecule has 0 aliphatic carbocycles. The molecule has 0 aliphatic heterocycles. The van der Waals surface area contributed by atoms with Crippen LogP contribution in [-0.4, -0.2) is 10.5 Å². The normalized spacial score (nSPS) is 10.5. The van der Waals surface area contributed by atoms with Crippen molar-refractivity contribution in [1.82, 2.24) is 4.57 Å². The van der Waals surface area contributed by atoms with Crippen molar-refractivity contribution in [2.75, 3.05) is 5.32 Å². The van der Waals surface area contributed by atoms with Gasteiger partial charge in [0, 0.05) is 23.8 Å². The zero-order valence-corrected chi connectivity index (χ0v) is 12.9. The first kappa shape index (κ1) is 15.3. The molecule has 1 amide bonds. The molecule has 0 saturated carbocycles. The van der Waals surface area contributed by atoms with Crippen molar-refractivity contribution in [3.8, 4) is 5.69 Å². The van der Waals surface area contributed by atoms with Gasteiger partial charge < -0.3 is 9.88 Å². The Morgan fingerprint density at radius 3 is 2.43 bits per heavy atom. The van der Waals surface area contributed by atoms with Gasteiger partial charge in [0.05, 0.1) is 11.4 Å². The number of halogens is 2. The summed E-state index contributed by atoms with van der Waals surface area (Å²) in [5, 5.41) is 2.69. The van der Waals surface area contributed by atoms with Gasteiger partial charge in [0.2, 0.25) is 5.91 Å². The van der Waals surface area contributed by atoms with Gasteiger partial charge in [0.25, 0.3) is 0 Å². The van der Waals surface area contributed by atoms with Crippen molar-refractivity contribution in [2.45, 2.75) is 6.42 Å². The van der Waals surface area contributed by atoms with Gasteiger partial charge >= 0.3 is 0 Å². The summed E-state index contributed by atoms with van der Waals surface area (Å²) in [5.41, 5.74) is 2.40. The fourth-order valence-electron chi connectivity index (χ4n) is 2.26. The lowest BCUT2D eigenvalue weighted by Crippen LogP contribution is -2.14. The van der Waals surface area contributed by atoms with Crippen LogP contribution in [0, 0.1) is 5.82 Å². The van der Waals surface area contributed by atoms with Gasteiger partial charge in [-0.1, -0.05) is 23.7 Å². The number of rotatable bonds is 4. The molecule has 1 N–H and O–H groups in total. The number of carbonyl (C=O) groups is 1. The van der Waals surface area contributed by atoms with Crippen LogP contribution in [-0.2, 0) is 11.2 Å². The standard InChI is InChI=1S/C18H14ClFN2O/c19-16-12-14(5-8-17(16)20)21-18(23)11-13-3-6-15(7-4-13)22-9-1-2-10-22/h1-10,12H,11H2,(H,21,23). The third-order valence-electron chi connectivity index (χ3n) is 3.41. The van der Waals surface area contributed by atoms with E-state index >= 15 is 0 Å². The SMILES string of the molecule is O=C(Cc1ccc(-n2cccc2)cc1)Nc1ccc(F)c(Cl)c1. The summed E-state index contributed by atoms with van der Waals surface area (Å²) in [6.07, 6.45) is 4.15. The zero-order valence-electron chi connectivity index (χ0n) is 12.2. The van der Waals surface area contributed by atoms with Gasteiger partial charge in [-0.3, -0.25) is 4.79 Å². The van der Waals surface area contributed by atoms with Gasteiger partial charge in [-0.25, -0.2) is 4.39 Å². The van der Waals surface area contributed by atoms with Gasteiger partial charge in [-0.05, 0) is 48.0 Å². The third kappa shape index (κ3) is 3.79. The fourth-order valence-corrected chi connectivity index (χ4v) is 2.44. The van der Waals surface area contributed by atoms with E-state index in [-0.39, 0.29) is 17.4 Å². The number of nitrogens with zero attached hydrogens (tertiary/aromatic N) is 1. The molecular formula is C18H14ClFN2O. The molecule has 3 rings (SSSR count). The molecule has 2 aromatic carbocycles. The van der Waals surface area contributed by atoms with E-state index < -0.39 is 5.82 Å². The van der Waals surface area contributed by atoms with Crippen LogP contribution in [0.15, 0.2) is 67.0 Å². The van der Waals surface area contributed by atoms with Gasteiger partial charge in [0.1, 0.15) is 5.82 Å². The highest BCUT2D eigenvalue weighted by molar-refractivity contribution is 6.31. The Labute approximate surface area is 138 Å². The van der Waals surface area contributed by atoms with Crippen molar-refractivity contribution in [3.63, 3.8) is 0 Å². The van der Waals surface area contributed by atoms with E-state index in [9.17, 15) is 9.18 Å². The van der Waals surface area contributed by atoms with Crippen molar-refractivity contribution < 1.29 is 9.18 Å². The number of hydrogen-bond donors (Lipinski definition) is 1. The zero-order chi connectivity index (χ0) is 16.2. The van der Waals surface area contributed by atoms with Crippen LogP contribution >= 0.6 is 11.6 Å². The summed E-state index contributed by atoms with van der Waals surface area (Å²) in [6, 6.07) is 15.7. The monoisotopic (exact) mass is 328 g/mol. The average molecular weight is 329 g/mol. The average Bonchev–Trinajstić information content (AvgIpc) is 3.06. The summed E-state index contributed by atoms with van der Waals surface area (Å²) in [4.78, 5) is 12.0. The molecule has 5 heteroatoms. The summed E-state index contributed by atoms with van der Waals surface area (Å²) in [5.74, 6) is -0.688. The van der Waals surface area contributed by atoms with Crippen molar-refractivity contribution >= 4 is 23.2 Å². The second kappa shape index (κ2) is 6.67. The number of hydrogen-bond acceptors (Lipinski definition) is 1. The first-order valence-corrected chi connectivity index (χ1v) is 7.47. The maximum atomic E-state index is 13.1. The lowest BCUT2D eigenvalue weighted by Gasteiger charge is -2.07. The van der Waals surface area contributed by atoms with E-state index in [2.05, 4.69) is 5.32 Å². The summed E-state index contributed by atoms with van der Waals surface area (Å²) < 4.78 is 15.1.